The second-order valence-electron chi connectivity index (χ2n) is 6.07. The Balaban J connectivity index is 2.01. The number of benzene rings is 1. The Kier molecular flexibility index (Phi) is 4.13. The lowest BCUT2D eigenvalue weighted by molar-refractivity contribution is 0.0910. The summed E-state index contributed by atoms with van der Waals surface area (Å²) >= 11 is 0. The van der Waals surface area contributed by atoms with Crippen molar-refractivity contribution in [1.29, 1.82) is 0 Å². The van der Waals surface area contributed by atoms with Crippen molar-refractivity contribution < 1.29 is 4.79 Å². The quantitative estimate of drug-likeness (QED) is 0.803. The summed E-state index contributed by atoms with van der Waals surface area (Å²) < 4.78 is 0. The number of carbonyl (C=O) groups excluding carboxylic acids is 1. The zero-order valence-electron chi connectivity index (χ0n) is 12.1. The normalized spacial score (nSPS) is 27.0. The maximum absolute atomic E-state index is 12.2. The van der Waals surface area contributed by atoms with Gasteiger partial charge >= 0.3 is 0 Å². The van der Waals surface area contributed by atoms with Gasteiger partial charge in [0, 0.05) is 17.3 Å². The number of rotatable bonds is 2. The molecular weight excluding hydrogens is 236 g/mol. The van der Waals surface area contributed by atoms with Gasteiger partial charge < -0.3 is 11.1 Å². The fraction of sp³-hybridized carbons (Fsp3) is 0.562. The molecule has 1 saturated carbocycles. The van der Waals surface area contributed by atoms with Crippen LogP contribution in [0.25, 0.3) is 0 Å². The van der Waals surface area contributed by atoms with Gasteiger partial charge in [0.2, 0.25) is 0 Å². The molecule has 0 saturated heterocycles. The number of hydrogen-bond donors (Lipinski definition) is 2. The first-order valence-electron chi connectivity index (χ1n) is 7.13. The summed E-state index contributed by atoms with van der Waals surface area (Å²) in [6.07, 6.45) is 3.36. The van der Waals surface area contributed by atoms with Crippen molar-refractivity contribution in [3.8, 4) is 0 Å². The van der Waals surface area contributed by atoms with Crippen LogP contribution in [-0.2, 0) is 0 Å². The van der Waals surface area contributed by atoms with Gasteiger partial charge in [-0.1, -0.05) is 13.8 Å². The van der Waals surface area contributed by atoms with Crippen molar-refractivity contribution in [2.24, 2.45) is 11.8 Å². The molecular formula is C16H24N2O. The average Bonchev–Trinajstić information content (AvgIpc) is 2.32. The van der Waals surface area contributed by atoms with E-state index in [1.165, 1.54) is 6.42 Å². The van der Waals surface area contributed by atoms with Crippen molar-refractivity contribution in [1.82, 2.24) is 5.32 Å². The Labute approximate surface area is 115 Å². The van der Waals surface area contributed by atoms with E-state index >= 15 is 0 Å². The summed E-state index contributed by atoms with van der Waals surface area (Å²) in [7, 11) is 0. The maximum atomic E-state index is 12.2. The molecule has 0 spiro atoms. The van der Waals surface area contributed by atoms with E-state index in [-0.39, 0.29) is 5.91 Å². The van der Waals surface area contributed by atoms with Crippen LogP contribution in [-0.4, -0.2) is 11.9 Å². The highest BCUT2D eigenvalue weighted by molar-refractivity contribution is 5.95. The smallest absolute Gasteiger partial charge is 0.251 e. The summed E-state index contributed by atoms with van der Waals surface area (Å²) in [5, 5.41) is 3.15. The molecule has 3 atom stereocenters. The number of carbonyl (C=O) groups is 1. The van der Waals surface area contributed by atoms with Crippen molar-refractivity contribution in [3.63, 3.8) is 0 Å². The molecule has 1 fully saturated rings. The maximum Gasteiger partial charge on any atom is 0.251 e. The number of aryl methyl sites for hydroxylation is 1. The van der Waals surface area contributed by atoms with Gasteiger partial charge in [0.25, 0.3) is 5.91 Å². The SMILES string of the molecule is Cc1cc(N)cc(C(=O)NC2CCC(C)C(C)C2)c1. The summed E-state index contributed by atoms with van der Waals surface area (Å²) in [4.78, 5) is 12.2. The van der Waals surface area contributed by atoms with Crippen LogP contribution in [0.1, 0.15) is 49.0 Å². The molecule has 104 valence electrons. The Hall–Kier alpha value is -1.51. The second kappa shape index (κ2) is 5.64. The number of amides is 1. The fourth-order valence-corrected chi connectivity index (χ4v) is 2.89. The zero-order chi connectivity index (χ0) is 14.0. The number of hydrogen-bond acceptors (Lipinski definition) is 2. The first-order chi connectivity index (χ1) is 8.95. The van der Waals surface area contributed by atoms with Crippen LogP contribution in [0, 0.1) is 18.8 Å². The third-order valence-electron chi connectivity index (χ3n) is 4.30. The lowest BCUT2D eigenvalue weighted by Gasteiger charge is -2.32. The number of nitrogen functional groups attached to an aromatic ring is 1. The highest BCUT2D eigenvalue weighted by Gasteiger charge is 2.25. The molecule has 1 amide bonds. The van der Waals surface area contributed by atoms with Crippen molar-refractivity contribution in [2.45, 2.75) is 46.1 Å². The topological polar surface area (TPSA) is 55.1 Å². The van der Waals surface area contributed by atoms with Crippen LogP contribution in [0.4, 0.5) is 5.69 Å². The molecule has 1 aliphatic rings. The van der Waals surface area contributed by atoms with Gasteiger partial charge in [0.05, 0.1) is 0 Å². The molecule has 3 unspecified atom stereocenters. The molecule has 1 aromatic carbocycles. The van der Waals surface area contributed by atoms with E-state index in [4.69, 9.17) is 5.73 Å². The van der Waals surface area contributed by atoms with Crippen LogP contribution in [0.3, 0.4) is 0 Å². The third-order valence-corrected chi connectivity index (χ3v) is 4.30. The molecule has 3 nitrogen and oxygen atoms in total. The van der Waals surface area contributed by atoms with E-state index in [0.717, 1.165) is 24.3 Å². The van der Waals surface area contributed by atoms with E-state index in [9.17, 15) is 4.79 Å². The molecule has 0 bridgehead atoms. The van der Waals surface area contributed by atoms with Crippen molar-refractivity contribution >= 4 is 11.6 Å². The summed E-state index contributed by atoms with van der Waals surface area (Å²) in [5.41, 5.74) is 8.13. The van der Waals surface area contributed by atoms with Gasteiger partial charge in [-0.3, -0.25) is 4.79 Å². The van der Waals surface area contributed by atoms with Crippen molar-refractivity contribution in [2.75, 3.05) is 5.73 Å². The van der Waals surface area contributed by atoms with E-state index in [2.05, 4.69) is 19.2 Å². The molecule has 1 aromatic rings. The lowest BCUT2D eigenvalue weighted by Crippen LogP contribution is -2.39. The van der Waals surface area contributed by atoms with Crippen LogP contribution in [0.2, 0.25) is 0 Å². The van der Waals surface area contributed by atoms with Crippen molar-refractivity contribution in [3.05, 3.63) is 29.3 Å². The van der Waals surface area contributed by atoms with Gasteiger partial charge in [-0.05, 0) is 61.8 Å². The highest BCUT2D eigenvalue weighted by Crippen LogP contribution is 2.29. The van der Waals surface area contributed by atoms with Gasteiger partial charge in [0.1, 0.15) is 0 Å². The molecule has 3 N–H and O–H groups in total. The predicted molar refractivity (Wildman–Crippen MR) is 79.0 cm³/mol. The fourth-order valence-electron chi connectivity index (χ4n) is 2.89. The molecule has 3 heteroatoms. The summed E-state index contributed by atoms with van der Waals surface area (Å²) in [5.74, 6) is 1.45. The second-order valence-corrected chi connectivity index (χ2v) is 6.07. The van der Waals surface area contributed by atoms with Gasteiger partial charge in [-0.2, -0.15) is 0 Å². The first-order valence-corrected chi connectivity index (χ1v) is 7.13. The Morgan fingerprint density at radius 1 is 1.21 bits per heavy atom. The van der Waals surface area contributed by atoms with Gasteiger partial charge in [-0.25, -0.2) is 0 Å². The van der Waals surface area contributed by atoms with E-state index in [0.29, 0.717) is 23.2 Å². The van der Waals surface area contributed by atoms with Gasteiger partial charge in [0.15, 0.2) is 0 Å². The first kappa shape index (κ1) is 13.9. The Morgan fingerprint density at radius 2 is 1.95 bits per heavy atom. The van der Waals surface area contributed by atoms with Gasteiger partial charge in [-0.15, -0.1) is 0 Å². The van der Waals surface area contributed by atoms with Crippen LogP contribution >= 0.6 is 0 Å². The Bertz CT molecular complexity index is 450. The third kappa shape index (κ3) is 3.49. The lowest BCUT2D eigenvalue weighted by atomic mass is 9.79. The average molecular weight is 260 g/mol. The monoisotopic (exact) mass is 260 g/mol. The highest BCUT2D eigenvalue weighted by atomic mass is 16.1. The predicted octanol–water partition coefficient (Wildman–Crippen LogP) is 3.13. The van der Waals surface area contributed by atoms with E-state index in [1.807, 2.05) is 19.1 Å². The minimum Gasteiger partial charge on any atom is -0.399 e. The molecule has 0 radical (unpaired) electrons. The molecule has 0 aliphatic heterocycles. The minimum atomic E-state index is 0.00199. The zero-order valence-corrected chi connectivity index (χ0v) is 12.1. The molecule has 0 heterocycles. The summed E-state index contributed by atoms with van der Waals surface area (Å²) in [6, 6.07) is 5.82. The van der Waals surface area contributed by atoms with Crippen LogP contribution in [0.15, 0.2) is 18.2 Å². The summed E-state index contributed by atoms with van der Waals surface area (Å²) in [6.45, 7) is 6.52. The number of nitrogens with one attached hydrogen (secondary N) is 1. The van der Waals surface area contributed by atoms with Crippen LogP contribution < -0.4 is 11.1 Å². The largest absolute Gasteiger partial charge is 0.399 e. The molecule has 19 heavy (non-hydrogen) atoms. The Morgan fingerprint density at radius 3 is 2.58 bits per heavy atom. The molecule has 2 rings (SSSR count). The molecule has 0 aromatic heterocycles. The number of anilines is 1. The minimum absolute atomic E-state index is 0.00199. The van der Waals surface area contributed by atoms with Crippen LogP contribution in [0.5, 0.6) is 0 Å². The number of nitrogens with two attached hydrogens (primary N) is 1. The molecule has 1 aliphatic carbocycles. The van der Waals surface area contributed by atoms with E-state index < -0.39 is 0 Å². The standard InChI is InChI=1S/C16H24N2O/c1-10-6-13(9-14(17)7-10)16(19)18-15-5-4-11(2)12(3)8-15/h6-7,9,11-12,15H,4-5,8,17H2,1-3H3,(H,18,19). The van der Waals surface area contributed by atoms with E-state index in [1.54, 1.807) is 6.07 Å².